The van der Waals surface area contributed by atoms with Crippen molar-refractivity contribution in [1.29, 1.82) is 5.26 Å². The van der Waals surface area contributed by atoms with E-state index in [-0.39, 0.29) is 5.88 Å². The zero-order valence-electron chi connectivity index (χ0n) is 10.3. The lowest BCUT2D eigenvalue weighted by Gasteiger charge is -2.07. The summed E-state index contributed by atoms with van der Waals surface area (Å²) in [5, 5.41) is 9.06. The summed E-state index contributed by atoms with van der Waals surface area (Å²) < 4.78 is 5.53. The molecule has 0 aliphatic heterocycles. The van der Waals surface area contributed by atoms with Crippen molar-refractivity contribution < 1.29 is 9.53 Å². The number of benzene rings is 1. The molecule has 1 aromatic heterocycles. The highest BCUT2D eigenvalue weighted by atomic mass is 16.5. The molecule has 2 aromatic rings. The van der Waals surface area contributed by atoms with E-state index < -0.39 is 5.91 Å². The largest absolute Gasteiger partial charge is 0.438 e. The summed E-state index contributed by atoms with van der Waals surface area (Å²) in [6.07, 6.45) is 1.57. The minimum atomic E-state index is -0.502. The van der Waals surface area contributed by atoms with E-state index in [1.165, 1.54) is 0 Å². The first-order chi connectivity index (χ1) is 9.11. The maximum atomic E-state index is 10.9. The number of amides is 1. The van der Waals surface area contributed by atoms with Gasteiger partial charge in [-0.15, -0.1) is 0 Å². The summed E-state index contributed by atoms with van der Waals surface area (Å²) in [5.74, 6) is 0.229. The number of aromatic nitrogens is 1. The predicted octanol–water partition coefficient (Wildman–Crippen LogP) is 2.15. The van der Waals surface area contributed by atoms with Crippen molar-refractivity contribution in [2.45, 2.75) is 6.92 Å². The Hall–Kier alpha value is -2.87. The lowest BCUT2D eigenvalue weighted by atomic mass is 10.2. The van der Waals surface area contributed by atoms with E-state index in [1.807, 2.05) is 6.92 Å². The lowest BCUT2D eigenvalue weighted by molar-refractivity contribution is 0.100. The first kappa shape index (κ1) is 12.6. The van der Waals surface area contributed by atoms with Gasteiger partial charge in [0, 0.05) is 11.8 Å². The highest BCUT2D eigenvalue weighted by Crippen LogP contribution is 2.24. The third-order valence-electron chi connectivity index (χ3n) is 2.59. The summed E-state index contributed by atoms with van der Waals surface area (Å²) in [5.41, 5.74) is 6.72. The van der Waals surface area contributed by atoms with Gasteiger partial charge in [-0.2, -0.15) is 5.26 Å². The van der Waals surface area contributed by atoms with Crippen molar-refractivity contribution in [2.75, 3.05) is 0 Å². The fraction of sp³-hybridized carbons (Fsp3) is 0.0714. The second-order valence-electron chi connectivity index (χ2n) is 3.91. The normalized spacial score (nSPS) is 9.68. The number of nitrogens with zero attached hydrogens (tertiary/aromatic N) is 2. The first-order valence-corrected chi connectivity index (χ1v) is 5.55. The summed E-state index contributed by atoms with van der Waals surface area (Å²) >= 11 is 0. The third kappa shape index (κ3) is 2.69. The number of nitriles is 1. The molecule has 0 radical (unpaired) electrons. The van der Waals surface area contributed by atoms with Crippen LogP contribution in [-0.4, -0.2) is 10.9 Å². The van der Waals surface area contributed by atoms with E-state index >= 15 is 0 Å². The van der Waals surface area contributed by atoms with Crippen molar-refractivity contribution in [1.82, 2.24) is 4.98 Å². The number of ether oxygens (including phenoxy) is 1. The Balaban J connectivity index is 2.29. The van der Waals surface area contributed by atoms with Gasteiger partial charge in [0.15, 0.2) is 0 Å². The molecule has 5 heteroatoms. The molecule has 2 N–H and O–H groups in total. The van der Waals surface area contributed by atoms with E-state index in [0.29, 0.717) is 16.9 Å². The molecule has 5 nitrogen and oxygen atoms in total. The van der Waals surface area contributed by atoms with Crippen LogP contribution in [0.15, 0.2) is 36.5 Å². The van der Waals surface area contributed by atoms with Gasteiger partial charge in [-0.25, -0.2) is 4.98 Å². The van der Waals surface area contributed by atoms with Crippen LogP contribution in [0, 0.1) is 18.3 Å². The fourth-order valence-corrected chi connectivity index (χ4v) is 1.55. The minimum Gasteiger partial charge on any atom is -0.438 e. The van der Waals surface area contributed by atoms with Crippen LogP contribution in [-0.2, 0) is 0 Å². The van der Waals surface area contributed by atoms with Crippen LogP contribution in [0.2, 0.25) is 0 Å². The number of carbonyl (C=O) groups excluding carboxylic acids is 1. The number of rotatable bonds is 3. The van der Waals surface area contributed by atoms with E-state index in [9.17, 15) is 4.79 Å². The van der Waals surface area contributed by atoms with Crippen molar-refractivity contribution in [3.63, 3.8) is 0 Å². The topological polar surface area (TPSA) is 89.0 Å². The Kier molecular flexibility index (Phi) is 3.44. The molecule has 94 valence electrons. The Bertz CT molecular complexity index is 657. The van der Waals surface area contributed by atoms with E-state index in [0.717, 1.165) is 5.56 Å². The molecule has 0 aliphatic rings. The smallest absolute Gasteiger partial charge is 0.248 e. The average Bonchev–Trinajstić information content (AvgIpc) is 2.39. The number of carbonyl (C=O) groups is 1. The SMILES string of the molecule is Cc1ccnc(Oc2ccc(C(N)=O)cc2)c1C#N. The molecule has 0 unspecified atom stereocenters. The summed E-state index contributed by atoms with van der Waals surface area (Å²) in [6, 6.07) is 10.1. The molecule has 2 rings (SSSR count). The molecule has 19 heavy (non-hydrogen) atoms. The van der Waals surface area contributed by atoms with Gasteiger partial charge in [0.1, 0.15) is 17.4 Å². The van der Waals surface area contributed by atoms with Gasteiger partial charge in [0.2, 0.25) is 11.8 Å². The van der Waals surface area contributed by atoms with Crippen molar-refractivity contribution in [3.05, 3.63) is 53.2 Å². The van der Waals surface area contributed by atoms with Gasteiger partial charge >= 0.3 is 0 Å². The number of hydrogen-bond donors (Lipinski definition) is 1. The Morgan fingerprint density at radius 2 is 2.00 bits per heavy atom. The number of nitrogens with two attached hydrogens (primary N) is 1. The first-order valence-electron chi connectivity index (χ1n) is 5.55. The van der Waals surface area contributed by atoms with Crippen LogP contribution < -0.4 is 10.5 Å². The molecular weight excluding hydrogens is 242 g/mol. The fourth-order valence-electron chi connectivity index (χ4n) is 1.55. The van der Waals surface area contributed by atoms with Gasteiger partial charge in [-0.3, -0.25) is 4.79 Å². The predicted molar refractivity (Wildman–Crippen MR) is 68.7 cm³/mol. The van der Waals surface area contributed by atoms with Crippen LogP contribution in [0.5, 0.6) is 11.6 Å². The maximum absolute atomic E-state index is 10.9. The average molecular weight is 253 g/mol. The summed E-state index contributed by atoms with van der Waals surface area (Å²) in [7, 11) is 0. The van der Waals surface area contributed by atoms with E-state index in [1.54, 1.807) is 36.5 Å². The monoisotopic (exact) mass is 253 g/mol. The second-order valence-corrected chi connectivity index (χ2v) is 3.91. The van der Waals surface area contributed by atoms with Gasteiger partial charge in [0.05, 0.1) is 0 Å². The number of pyridine rings is 1. The highest BCUT2D eigenvalue weighted by Gasteiger charge is 2.09. The quantitative estimate of drug-likeness (QED) is 0.907. The van der Waals surface area contributed by atoms with Gasteiger partial charge in [-0.1, -0.05) is 0 Å². The summed E-state index contributed by atoms with van der Waals surface area (Å²) in [4.78, 5) is 15.0. The van der Waals surface area contributed by atoms with Crippen molar-refractivity contribution >= 4 is 5.91 Å². The molecule has 0 saturated carbocycles. The Labute approximate surface area is 110 Å². The molecule has 1 aromatic carbocycles. The molecular formula is C14H11N3O2. The molecule has 1 amide bonds. The Morgan fingerprint density at radius 3 is 2.58 bits per heavy atom. The molecule has 0 fully saturated rings. The van der Waals surface area contributed by atoms with Crippen LogP contribution in [0.3, 0.4) is 0 Å². The van der Waals surface area contributed by atoms with Crippen molar-refractivity contribution in [2.24, 2.45) is 5.73 Å². The molecule has 1 heterocycles. The lowest BCUT2D eigenvalue weighted by Crippen LogP contribution is -2.10. The van der Waals surface area contributed by atoms with Crippen LogP contribution >= 0.6 is 0 Å². The van der Waals surface area contributed by atoms with Gasteiger partial charge in [-0.05, 0) is 42.8 Å². The Morgan fingerprint density at radius 1 is 1.32 bits per heavy atom. The van der Waals surface area contributed by atoms with Crippen LogP contribution in [0.1, 0.15) is 21.5 Å². The van der Waals surface area contributed by atoms with Gasteiger partial charge < -0.3 is 10.5 Å². The number of aryl methyl sites for hydroxylation is 1. The highest BCUT2D eigenvalue weighted by molar-refractivity contribution is 5.92. The molecule has 0 spiro atoms. The molecule has 0 aliphatic carbocycles. The van der Waals surface area contributed by atoms with Crippen LogP contribution in [0.25, 0.3) is 0 Å². The summed E-state index contributed by atoms with van der Waals surface area (Å²) in [6.45, 7) is 1.81. The van der Waals surface area contributed by atoms with Crippen molar-refractivity contribution in [3.8, 4) is 17.7 Å². The number of hydrogen-bond acceptors (Lipinski definition) is 4. The molecule has 0 bridgehead atoms. The zero-order valence-corrected chi connectivity index (χ0v) is 10.3. The van der Waals surface area contributed by atoms with E-state index in [2.05, 4.69) is 11.1 Å². The van der Waals surface area contributed by atoms with E-state index in [4.69, 9.17) is 15.7 Å². The van der Waals surface area contributed by atoms with Crippen LogP contribution in [0.4, 0.5) is 0 Å². The maximum Gasteiger partial charge on any atom is 0.248 e. The molecule has 0 saturated heterocycles. The molecule has 0 atom stereocenters. The third-order valence-corrected chi connectivity index (χ3v) is 2.59. The zero-order chi connectivity index (χ0) is 13.8. The minimum absolute atomic E-state index is 0.245. The van der Waals surface area contributed by atoms with Gasteiger partial charge in [0.25, 0.3) is 0 Å². The number of primary amides is 1. The standard InChI is InChI=1S/C14H11N3O2/c1-9-6-7-17-14(12(9)8-15)19-11-4-2-10(3-5-11)13(16)18/h2-7H,1H3,(H2,16,18). The second kappa shape index (κ2) is 5.19.